The molecule has 1 aliphatic heterocycles. The number of amides is 1. The molecule has 6 nitrogen and oxygen atoms in total. The number of aliphatic hydroxyl groups is 1. The minimum Gasteiger partial charge on any atom is -0.481 e. The zero-order chi connectivity index (χ0) is 19.7. The maximum atomic E-state index is 12.6. The number of fused-ring (bicyclic) bond motifs is 3. The van der Waals surface area contributed by atoms with E-state index in [-0.39, 0.29) is 25.5 Å². The average molecular weight is 381 g/mol. The van der Waals surface area contributed by atoms with E-state index in [1.54, 1.807) is 0 Å². The van der Waals surface area contributed by atoms with Gasteiger partial charge in [0.2, 0.25) is 0 Å². The lowest BCUT2D eigenvalue weighted by molar-refractivity contribution is -0.144. The standard InChI is InChI=1S/C22H23NO5/c24-20(25)12-22(27)10-5-11-23(14-22)21(26)28-13-19-17-8-3-1-6-15(17)16-7-2-4-9-18(16)19/h1-4,6-9,19,27H,5,10-14H2,(H,24,25). The molecule has 0 saturated carbocycles. The van der Waals surface area contributed by atoms with E-state index < -0.39 is 17.7 Å². The van der Waals surface area contributed by atoms with E-state index in [9.17, 15) is 14.7 Å². The van der Waals surface area contributed by atoms with Gasteiger partial charge in [0.25, 0.3) is 0 Å². The number of likely N-dealkylation sites (tertiary alicyclic amines) is 1. The van der Waals surface area contributed by atoms with Crippen LogP contribution in [0.4, 0.5) is 4.79 Å². The van der Waals surface area contributed by atoms with Crippen molar-refractivity contribution in [2.75, 3.05) is 19.7 Å². The van der Waals surface area contributed by atoms with Crippen molar-refractivity contribution in [2.45, 2.75) is 30.8 Å². The molecule has 6 heteroatoms. The lowest BCUT2D eigenvalue weighted by Gasteiger charge is -2.37. The minimum absolute atomic E-state index is 0.0179. The van der Waals surface area contributed by atoms with Crippen LogP contribution in [0.15, 0.2) is 48.5 Å². The molecule has 2 N–H and O–H groups in total. The fourth-order valence-electron chi connectivity index (χ4n) is 4.38. The van der Waals surface area contributed by atoms with Gasteiger partial charge in [-0.2, -0.15) is 0 Å². The summed E-state index contributed by atoms with van der Waals surface area (Å²) >= 11 is 0. The quantitative estimate of drug-likeness (QED) is 0.849. The van der Waals surface area contributed by atoms with Crippen LogP contribution in [0.2, 0.25) is 0 Å². The molecule has 2 aromatic rings. The molecule has 1 fully saturated rings. The number of hydrogen-bond donors (Lipinski definition) is 2. The van der Waals surface area contributed by atoms with Crippen LogP contribution in [0.25, 0.3) is 11.1 Å². The Balaban J connectivity index is 1.46. The van der Waals surface area contributed by atoms with Crippen LogP contribution in [0.5, 0.6) is 0 Å². The third kappa shape index (κ3) is 3.47. The van der Waals surface area contributed by atoms with Gasteiger partial charge >= 0.3 is 12.1 Å². The summed E-state index contributed by atoms with van der Waals surface area (Å²) in [6, 6.07) is 16.2. The molecule has 4 rings (SSSR count). The van der Waals surface area contributed by atoms with Crippen molar-refractivity contribution < 1.29 is 24.5 Å². The van der Waals surface area contributed by atoms with Crippen molar-refractivity contribution in [3.63, 3.8) is 0 Å². The molecule has 1 saturated heterocycles. The third-order valence-corrected chi connectivity index (χ3v) is 5.63. The third-order valence-electron chi connectivity index (χ3n) is 5.63. The van der Waals surface area contributed by atoms with Gasteiger partial charge in [0.15, 0.2) is 0 Å². The zero-order valence-electron chi connectivity index (χ0n) is 15.5. The summed E-state index contributed by atoms with van der Waals surface area (Å²) in [5.74, 6) is -1.10. The van der Waals surface area contributed by atoms with Crippen molar-refractivity contribution in [1.82, 2.24) is 4.90 Å². The molecule has 146 valence electrons. The second kappa shape index (κ2) is 7.28. The molecule has 1 amide bonds. The first-order valence-corrected chi connectivity index (χ1v) is 9.51. The summed E-state index contributed by atoms with van der Waals surface area (Å²) in [7, 11) is 0. The van der Waals surface area contributed by atoms with Crippen LogP contribution in [0.3, 0.4) is 0 Å². The highest BCUT2D eigenvalue weighted by atomic mass is 16.6. The number of carboxylic acid groups (broad SMARTS) is 1. The summed E-state index contributed by atoms with van der Waals surface area (Å²) in [5.41, 5.74) is 3.20. The maximum absolute atomic E-state index is 12.6. The predicted molar refractivity (Wildman–Crippen MR) is 103 cm³/mol. The molecule has 0 spiro atoms. The van der Waals surface area contributed by atoms with Crippen LogP contribution in [-0.4, -0.2) is 52.5 Å². The molecular formula is C22H23NO5. The van der Waals surface area contributed by atoms with E-state index in [1.807, 2.05) is 24.3 Å². The van der Waals surface area contributed by atoms with E-state index in [0.717, 1.165) is 22.3 Å². The van der Waals surface area contributed by atoms with Crippen LogP contribution < -0.4 is 0 Å². The van der Waals surface area contributed by atoms with Crippen LogP contribution in [0.1, 0.15) is 36.3 Å². The van der Waals surface area contributed by atoms with Crippen LogP contribution in [0, 0.1) is 0 Å². The highest BCUT2D eigenvalue weighted by molar-refractivity contribution is 5.79. The van der Waals surface area contributed by atoms with Crippen LogP contribution >= 0.6 is 0 Å². The van der Waals surface area contributed by atoms with Gasteiger partial charge in [-0.1, -0.05) is 48.5 Å². The van der Waals surface area contributed by atoms with Gasteiger partial charge in [0, 0.05) is 12.5 Å². The Kier molecular flexibility index (Phi) is 4.81. The molecule has 1 atom stereocenters. The average Bonchev–Trinajstić information content (AvgIpc) is 2.99. The number of piperidine rings is 1. The van der Waals surface area contributed by atoms with Gasteiger partial charge in [-0.15, -0.1) is 0 Å². The largest absolute Gasteiger partial charge is 0.481 e. The fraction of sp³-hybridized carbons (Fsp3) is 0.364. The SMILES string of the molecule is O=C(O)CC1(O)CCCN(C(=O)OCC2c3ccccc3-c3ccccc32)C1. The van der Waals surface area contributed by atoms with Gasteiger partial charge in [-0.05, 0) is 35.1 Å². The Hall–Kier alpha value is -2.86. The van der Waals surface area contributed by atoms with Crippen molar-refractivity contribution in [3.05, 3.63) is 59.7 Å². The summed E-state index contributed by atoms with van der Waals surface area (Å²) in [6.45, 7) is 0.648. The number of carbonyl (C=O) groups is 2. The number of aliphatic carboxylic acids is 1. The number of ether oxygens (including phenoxy) is 1. The monoisotopic (exact) mass is 381 g/mol. The van der Waals surface area contributed by atoms with E-state index >= 15 is 0 Å². The van der Waals surface area contributed by atoms with E-state index in [1.165, 1.54) is 4.90 Å². The molecule has 1 aliphatic carbocycles. The molecule has 1 unspecified atom stereocenters. The Bertz CT molecular complexity index is 866. The Morgan fingerprint density at radius 3 is 2.29 bits per heavy atom. The molecule has 1 heterocycles. The van der Waals surface area contributed by atoms with Gasteiger partial charge < -0.3 is 19.8 Å². The summed E-state index contributed by atoms with van der Waals surface area (Å²) in [4.78, 5) is 25.0. The van der Waals surface area contributed by atoms with E-state index in [2.05, 4.69) is 24.3 Å². The first-order chi connectivity index (χ1) is 13.5. The zero-order valence-corrected chi connectivity index (χ0v) is 15.5. The number of hydrogen-bond acceptors (Lipinski definition) is 4. The van der Waals surface area contributed by atoms with E-state index in [4.69, 9.17) is 9.84 Å². The molecule has 0 radical (unpaired) electrons. The lowest BCUT2D eigenvalue weighted by Crippen LogP contribution is -2.51. The Labute approximate surface area is 163 Å². The molecular weight excluding hydrogens is 358 g/mol. The minimum atomic E-state index is -1.39. The topological polar surface area (TPSA) is 87.1 Å². The van der Waals surface area contributed by atoms with Gasteiger partial charge in [0.05, 0.1) is 18.6 Å². The first-order valence-electron chi connectivity index (χ1n) is 9.51. The molecule has 0 bridgehead atoms. The first kappa shape index (κ1) is 18.5. The number of carboxylic acids is 1. The van der Waals surface area contributed by atoms with Gasteiger partial charge in [-0.3, -0.25) is 4.79 Å². The van der Waals surface area contributed by atoms with Crippen molar-refractivity contribution in [3.8, 4) is 11.1 Å². The normalized spacial score (nSPS) is 21.1. The molecule has 0 aromatic heterocycles. The van der Waals surface area contributed by atoms with Crippen molar-refractivity contribution in [2.24, 2.45) is 0 Å². The maximum Gasteiger partial charge on any atom is 0.409 e. The number of rotatable bonds is 4. The van der Waals surface area contributed by atoms with Crippen LogP contribution in [-0.2, 0) is 9.53 Å². The van der Waals surface area contributed by atoms with Gasteiger partial charge in [0.1, 0.15) is 6.61 Å². The highest BCUT2D eigenvalue weighted by Crippen LogP contribution is 2.44. The Morgan fingerprint density at radius 1 is 1.07 bits per heavy atom. The molecule has 2 aliphatic rings. The molecule has 28 heavy (non-hydrogen) atoms. The second-order valence-corrected chi connectivity index (χ2v) is 7.62. The fourth-order valence-corrected chi connectivity index (χ4v) is 4.38. The summed E-state index contributed by atoms with van der Waals surface area (Å²) in [5, 5.41) is 19.5. The smallest absolute Gasteiger partial charge is 0.409 e. The number of benzene rings is 2. The number of nitrogens with zero attached hydrogens (tertiary/aromatic N) is 1. The van der Waals surface area contributed by atoms with Crippen molar-refractivity contribution >= 4 is 12.1 Å². The highest BCUT2D eigenvalue weighted by Gasteiger charge is 2.38. The lowest BCUT2D eigenvalue weighted by atomic mass is 9.90. The molecule has 2 aromatic carbocycles. The second-order valence-electron chi connectivity index (χ2n) is 7.62. The predicted octanol–water partition coefficient (Wildman–Crippen LogP) is 3.24. The number of β-amino-alcohol motifs (C(OH)–C–C–N with tert-alkyl or cyclic N) is 1. The summed E-state index contributed by atoms with van der Waals surface area (Å²) in [6.07, 6.45) is 0.0333. The summed E-state index contributed by atoms with van der Waals surface area (Å²) < 4.78 is 5.61. The van der Waals surface area contributed by atoms with Gasteiger partial charge in [-0.25, -0.2) is 4.79 Å². The Morgan fingerprint density at radius 2 is 1.68 bits per heavy atom. The van der Waals surface area contributed by atoms with E-state index in [0.29, 0.717) is 19.4 Å². The van der Waals surface area contributed by atoms with Crippen molar-refractivity contribution in [1.29, 1.82) is 0 Å². The number of carbonyl (C=O) groups excluding carboxylic acids is 1.